The van der Waals surface area contributed by atoms with Crippen LogP contribution < -0.4 is 0 Å². The van der Waals surface area contributed by atoms with Gasteiger partial charge in [0, 0.05) is 36.5 Å². The van der Waals surface area contributed by atoms with E-state index in [4.69, 9.17) is 5.10 Å². The SMILES string of the molecule is C=CCN(Cc1cn(-c2cccc(C)c2)nc1-c1cccc(F)c1)C1CCS(=O)(=O)C1. The Kier molecular flexibility index (Phi) is 6.07. The molecule has 1 unspecified atom stereocenters. The monoisotopic (exact) mass is 439 g/mol. The van der Waals surface area contributed by atoms with Gasteiger partial charge in [-0.15, -0.1) is 6.58 Å². The number of halogens is 1. The molecule has 0 amide bonds. The summed E-state index contributed by atoms with van der Waals surface area (Å²) in [5.41, 5.74) is 4.34. The number of aryl methyl sites for hydroxylation is 1. The second kappa shape index (κ2) is 8.77. The van der Waals surface area contributed by atoms with Gasteiger partial charge in [-0.2, -0.15) is 5.10 Å². The maximum absolute atomic E-state index is 14.0. The Balaban J connectivity index is 1.74. The van der Waals surface area contributed by atoms with Crippen LogP contribution >= 0.6 is 0 Å². The van der Waals surface area contributed by atoms with E-state index in [1.54, 1.807) is 16.8 Å². The molecule has 0 bridgehead atoms. The van der Waals surface area contributed by atoms with Crippen molar-refractivity contribution in [2.75, 3.05) is 18.1 Å². The number of aromatic nitrogens is 2. The van der Waals surface area contributed by atoms with E-state index in [-0.39, 0.29) is 23.4 Å². The number of hydrogen-bond donors (Lipinski definition) is 0. The molecule has 0 aliphatic carbocycles. The van der Waals surface area contributed by atoms with Crippen molar-refractivity contribution < 1.29 is 12.8 Å². The van der Waals surface area contributed by atoms with Gasteiger partial charge in [-0.1, -0.05) is 30.3 Å². The molecule has 0 N–H and O–H groups in total. The van der Waals surface area contributed by atoms with E-state index >= 15 is 0 Å². The summed E-state index contributed by atoms with van der Waals surface area (Å²) in [7, 11) is -3.01. The van der Waals surface area contributed by atoms with Crippen LogP contribution in [-0.4, -0.2) is 47.2 Å². The molecule has 2 aromatic carbocycles. The summed E-state index contributed by atoms with van der Waals surface area (Å²) in [6.07, 6.45) is 4.35. The van der Waals surface area contributed by atoms with Crippen LogP contribution in [0.25, 0.3) is 16.9 Å². The molecule has 1 aliphatic rings. The lowest BCUT2D eigenvalue weighted by molar-refractivity contribution is 0.227. The van der Waals surface area contributed by atoms with Gasteiger partial charge in [0.25, 0.3) is 0 Å². The molecule has 1 saturated heterocycles. The van der Waals surface area contributed by atoms with Crippen molar-refractivity contribution in [3.8, 4) is 16.9 Å². The van der Waals surface area contributed by atoms with Crippen LogP contribution in [0.3, 0.4) is 0 Å². The molecular formula is C24H26FN3O2S. The second-order valence-corrected chi connectivity index (χ2v) is 10.3. The molecule has 1 aromatic heterocycles. The molecule has 162 valence electrons. The van der Waals surface area contributed by atoms with Crippen LogP contribution in [0.15, 0.2) is 67.4 Å². The first-order valence-electron chi connectivity index (χ1n) is 10.3. The lowest BCUT2D eigenvalue weighted by Gasteiger charge is -2.26. The quantitative estimate of drug-likeness (QED) is 0.519. The minimum absolute atomic E-state index is 0.0642. The van der Waals surface area contributed by atoms with Crippen molar-refractivity contribution in [2.24, 2.45) is 0 Å². The fraction of sp³-hybridized carbons (Fsp3) is 0.292. The molecule has 5 nitrogen and oxygen atoms in total. The first kappa shape index (κ1) is 21.5. The Bertz CT molecular complexity index is 1200. The van der Waals surface area contributed by atoms with Gasteiger partial charge >= 0.3 is 0 Å². The highest BCUT2D eigenvalue weighted by Crippen LogP contribution is 2.28. The van der Waals surface area contributed by atoms with E-state index in [0.29, 0.717) is 30.8 Å². The highest BCUT2D eigenvalue weighted by Gasteiger charge is 2.32. The van der Waals surface area contributed by atoms with Crippen molar-refractivity contribution in [1.82, 2.24) is 14.7 Å². The van der Waals surface area contributed by atoms with Crippen molar-refractivity contribution in [1.29, 1.82) is 0 Å². The average Bonchev–Trinajstić information content (AvgIpc) is 3.31. The molecular weight excluding hydrogens is 413 g/mol. The number of benzene rings is 2. The van der Waals surface area contributed by atoms with Gasteiger partial charge in [0.1, 0.15) is 5.82 Å². The lowest BCUT2D eigenvalue weighted by Crippen LogP contribution is -2.35. The van der Waals surface area contributed by atoms with Gasteiger partial charge in [-0.3, -0.25) is 4.90 Å². The molecule has 2 heterocycles. The van der Waals surface area contributed by atoms with E-state index in [1.807, 2.05) is 43.5 Å². The zero-order chi connectivity index (χ0) is 22.0. The van der Waals surface area contributed by atoms with Crippen molar-refractivity contribution >= 4 is 9.84 Å². The predicted molar refractivity (Wildman–Crippen MR) is 121 cm³/mol. The number of sulfone groups is 1. The number of rotatable bonds is 7. The summed E-state index contributed by atoms with van der Waals surface area (Å²) in [6.45, 7) is 6.94. The Morgan fingerprint density at radius 2 is 2.06 bits per heavy atom. The fourth-order valence-corrected chi connectivity index (χ4v) is 5.86. The molecule has 1 aliphatic heterocycles. The molecule has 0 radical (unpaired) electrons. The lowest BCUT2D eigenvalue weighted by atomic mass is 10.1. The van der Waals surface area contributed by atoms with Crippen molar-refractivity contribution in [3.05, 3.63) is 84.3 Å². The Morgan fingerprint density at radius 3 is 2.74 bits per heavy atom. The summed E-state index contributed by atoms with van der Waals surface area (Å²) in [6, 6.07) is 14.3. The molecule has 1 atom stereocenters. The number of hydrogen-bond acceptors (Lipinski definition) is 4. The van der Waals surface area contributed by atoms with Crippen LogP contribution in [0.2, 0.25) is 0 Å². The average molecular weight is 440 g/mol. The zero-order valence-corrected chi connectivity index (χ0v) is 18.4. The molecule has 0 saturated carbocycles. The summed E-state index contributed by atoms with van der Waals surface area (Å²) >= 11 is 0. The highest BCUT2D eigenvalue weighted by atomic mass is 32.2. The molecule has 0 spiro atoms. The fourth-order valence-electron chi connectivity index (χ4n) is 4.10. The standard InChI is InChI=1S/C24H26FN3O2S/c1-3-11-27(23-10-12-31(29,30)17-23)15-20-16-28(22-9-4-6-18(2)13-22)26-24(20)19-7-5-8-21(25)14-19/h3-9,13-14,16,23H,1,10-12,15,17H2,2H3. The van der Waals surface area contributed by atoms with E-state index in [0.717, 1.165) is 16.8 Å². The minimum Gasteiger partial charge on any atom is -0.291 e. The van der Waals surface area contributed by atoms with Gasteiger partial charge in [0.15, 0.2) is 9.84 Å². The summed E-state index contributed by atoms with van der Waals surface area (Å²) < 4.78 is 39.8. The highest BCUT2D eigenvalue weighted by molar-refractivity contribution is 7.91. The molecule has 7 heteroatoms. The third kappa shape index (κ3) is 4.94. The summed E-state index contributed by atoms with van der Waals surface area (Å²) in [5.74, 6) is 0.0469. The van der Waals surface area contributed by atoms with Crippen LogP contribution in [0, 0.1) is 12.7 Å². The van der Waals surface area contributed by atoms with Gasteiger partial charge in [-0.05, 0) is 43.2 Å². The maximum Gasteiger partial charge on any atom is 0.151 e. The Labute approximate surface area is 182 Å². The first-order chi connectivity index (χ1) is 14.8. The van der Waals surface area contributed by atoms with Crippen LogP contribution in [0.1, 0.15) is 17.5 Å². The zero-order valence-electron chi connectivity index (χ0n) is 17.5. The Hall–Kier alpha value is -2.77. The largest absolute Gasteiger partial charge is 0.291 e. The van der Waals surface area contributed by atoms with E-state index in [1.165, 1.54) is 12.1 Å². The summed E-state index contributed by atoms with van der Waals surface area (Å²) in [4.78, 5) is 2.12. The van der Waals surface area contributed by atoms with E-state index in [2.05, 4.69) is 11.5 Å². The van der Waals surface area contributed by atoms with Crippen LogP contribution in [-0.2, 0) is 16.4 Å². The molecule has 4 rings (SSSR count). The van der Waals surface area contributed by atoms with Gasteiger partial charge < -0.3 is 0 Å². The molecule has 3 aromatic rings. The van der Waals surface area contributed by atoms with Crippen molar-refractivity contribution in [3.63, 3.8) is 0 Å². The van der Waals surface area contributed by atoms with Gasteiger partial charge in [-0.25, -0.2) is 17.5 Å². The van der Waals surface area contributed by atoms with Crippen LogP contribution in [0.4, 0.5) is 4.39 Å². The summed E-state index contributed by atoms with van der Waals surface area (Å²) in [5, 5.41) is 4.78. The van der Waals surface area contributed by atoms with Gasteiger partial charge in [0.05, 0.1) is 22.9 Å². The van der Waals surface area contributed by atoms with E-state index in [9.17, 15) is 12.8 Å². The smallest absolute Gasteiger partial charge is 0.151 e. The third-order valence-electron chi connectivity index (χ3n) is 5.62. The minimum atomic E-state index is -3.01. The molecule has 1 fully saturated rings. The Morgan fingerprint density at radius 1 is 1.26 bits per heavy atom. The topological polar surface area (TPSA) is 55.2 Å². The maximum atomic E-state index is 14.0. The van der Waals surface area contributed by atoms with Gasteiger partial charge in [0.2, 0.25) is 0 Å². The second-order valence-electron chi connectivity index (χ2n) is 8.07. The predicted octanol–water partition coefficient (Wildman–Crippen LogP) is 4.16. The third-order valence-corrected chi connectivity index (χ3v) is 7.37. The number of nitrogens with zero attached hydrogens (tertiary/aromatic N) is 3. The van der Waals surface area contributed by atoms with Crippen molar-refractivity contribution in [2.45, 2.75) is 25.9 Å². The first-order valence-corrected chi connectivity index (χ1v) is 12.1. The van der Waals surface area contributed by atoms with E-state index < -0.39 is 9.84 Å². The molecule has 31 heavy (non-hydrogen) atoms. The normalized spacial score (nSPS) is 17.8. The van der Waals surface area contributed by atoms with Crippen LogP contribution in [0.5, 0.6) is 0 Å².